The number of pyridine rings is 1. The molecule has 2 aliphatic heterocycles. The predicted molar refractivity (Wildman–Crippen MR) is 99.0 cm³/mol. The van der Waals surface area contributed by atoms with Gasteiger partial charge in [0.1, 0.15) is 5.41 Å². The first-order valence-electron chi connectivity index (χ1n) is 9.98. The smallest absolute Gasteiger partial charge is 0.243 e. The van der Waals surface area contributed by atoms with Crippen LogP contribution < -0.4 is 0 Å². The third-order valence-electron chi connectivity index (χ3n) is 6.64. The van der Waals surface area contributed by atoms with E-state index in [4.69, 9.17) is 0 Å². The minimum Gasteiger partial charge on any atom is -0.340 e. The van der Waals surface area contributed by atoms with E-state index < -0.39 is 10.8 Å². The fourth-order valence-electron chi connectivity index (χ4n) is 5.09. The van der Waals surface area contributed by atoms with Crippen molar-refractivity contribution in [2.24, 2.45) is 10.8 Å². The van der Waals surface area contributed by atoms with Crippen molar-refractivity contribution in [2.45, 2.75) is 51.5 Å². The van der Waals surface area contributed by atoms with Crippen molar-refractivity contribution in [3.63, 3.8) is 0 Å². The number of carbonyl (C=O) groups is 2. The van der Waals surface area contributed by atoms with E-state index in [9.17, 15) is 14.9 Å². The lowest BCUT2D eigenvalue weighted by atomic mass is 9.77. The highest BCUT2D eigenvalue weighted by Gasteiger charge is 2.52. The molecule has 3 heterocycles. The topological polar surface area (TPSA) is 77.3 Å². The Morgan fingerprint density at radius 2 is 2.00 bits per heavy atom. The van der Waals surface area contributed by atoms with Crippen LogP contribution >= 0.6 is 0 Å². The van der Waals surface area contributed by atoms with Crippen molar-refractivity contribution in [2.75, 3.05) is 19.6 Å². The molecule has 1 saturated carbocycles. The molecule has 0 aromatic carbocycles. The molecule has 1 aliphatic carbocycles. The Bertz CT molecular complexity index is 766. The van der Waals surface area contributed by atoms with Gasteiger partial charge in [-0.2, -0.15) is 5.26 Å². The molecule has 2 saturated heterocycles. The van der Waals surface area contributed by atoms with Crippen LogP contribution in [0.4, 0.5) is 0 Å². The zero-order chi connectivity index (χ0) is 18.9. The van der Waals surface area contributed by atoms with Gasteiger partial charge in [-0.15, -0.1) is 0 Å². The van der Waals surface area contributed by atoms with Crippen LogP contribution in [-0.4, -0.2) is 46.2 Å². The number of hydrogen-bond acceptors (Lipinski definition) is 4. The Morgan fingerprint density at radius 3 is 2.70 bits per heavy atom. The molecular formula is C21H26N4O2. The van der Waals surface area contributed by atoms with Gasteiger partial charge in [-0.3, -0.25) is 14.6 Å². The van der Waals surface area contributed by atoms with E-state index in [1.54, 1.807) is 12.4 Å². The van der Waals surface area contributed by atoms with Crippen LogP contribution in [-0.2, 0) is 16.1 Å². The summed E-state index contributed by atoms with van der Waals surface area (Å²) in [5.74, 6) is 0.112. The maximum Gasteiger partial charge on any atom is 0.243 e. The number of carbonyl (C=O) groups excluding carboxylic acids is 2. The average Bonchev–Trinajstić information content (AvgIpc) is 3.31. The van der Waals surface area contributed by atoms with E-state index in [0.717, 1.165) is 44.2 Å². The summed E-state index contributed by atoms with van der Waals surface area (Å²) in [7, 11) is 0. The molecule has 0 bridgehead atoms. The summed E-state index contributed by atoms with van der Waals surface area (Å²) >= 11 is 0. The monoisotopic (exact) mass is 366 g/mol. The molecule has 4 rings (SSSR count). The molecule has 6 heteroatoms. The van der Waals surface area contributed by atoms with Crippen molar-refractivity contribution in [3.8, 4) is 6.07 Å². The van der Waals surface area contributed by atoms with Gasteiger partial charge >= 0.3 is 0 Å². The zero-order valence-corrected chi connectivity index (χ0v) is 15.7. The Balaban J connectivity index is 1.48. The summed E-state index contributed by atoms with van der Waals surface area (Å²) in [6.45, 7) is 2.43. The lowest BCUT2D eigenvalue weighted by Crippen LogP contribution is -2.53. The van der Waals surface area contributed by atoms with Crippen LogP contribution in [0, 0.1) is 22.2 Å². The summed E-state index contributed by atoms with van der Waals surface area (Å²) < 4.78 is 0. The molecular weight excluding hydrogens is 340 g/mol. The number of rotatable bonds is 3. The second-order valence-electron chi connectivity index (χ2n) is 8.35. The van der Waals surface area contributed by atoms with Gasteiger partial charge < -0.3 is 9.80 Å². The van der Waals surface area contributed by atoms with Crippen LogP contribution in [0.25, 0.3) is 0 Å². The predicted octanol–water partition coefficient (Wildman–Crippen LogP) is 2.51. The van der Waals surface area contributed by atoms with Gasteiger partial charge in [-0.25, -0.2) is 0 Å². The highest BCUT2D eigenvalue weighted by Crippen LogP contribution is 2.44. The number of likely N-dealkylation sites (tertiary alicyclic amines) is 2. The standard InChI is InChI=1S/C21H26N4O2/c22-15-20(6-1-2-7-20)18(26)25-11-4-8-21(16-25)9-12-24(19(21)27)14-17-5-3-10-23-13-17/h3,5,10,13H,1-2,4,6-9,11-12,14,16H2. The SMILES string of the molecule is N#CC1(C(=O)N2CCCC3(CCN(Cc4cccnc4)C3=O)C2)CCCC1. The molecule has 0 radical (unpaired) electrons. The second-order valence-corrected chi connectivity index (χ2v) is 8.35. The van der Waals surface area contributed by atoms with E-state index in [2.05, 4.69) is 11.1 Å². The fraction of sp³-hybridized carbons (Fsp3) is 0.619. The van der Waals surface area contributed by atoms with Gasteiger partial charge in [-0.05, 0) is 43.7 Å². The molecule has 6 nitrogen and oxygen atoms in total. The van der Waals surface area contributed by atoms with Crippen LogP contribution in [0.15, 0.2) is 24.5 Å². The Morgan fingerprint density at radius 1 is 1.19 bits per heavy atom. The van der Waals surface area contributed by atoms with Gasteiger partial charge in [0, 0.05) is 38.6 Å². The highest BCUT2D eigenvalue weighted by atomic mass is 16.2. The molecule has 3 fully saturated rings. The summed E-state index contributed by atoms with van der Waals surface area (Å²) in [5, 5.41) is 9.65. The number of hydrogen-bond donors (Lipinski definition) is 0. The Labute approximate surface area is 160 Å². The first-order chi connectivity index (χ1) is 13.1. The van der Waals surface area contributed by atoms with E-state index >= 15 is 0 Å². The van der Waals surface area contributed by atoms with Crippen LogP contribution in [0.5, 0.6) is 0 Å². The first kappa shape index (κ1) is 18.0. The van der Waals surface area contributed by atoms with Gasteiger partial charge in [0.05, 0.1) is 11.5 Å². The average molecular weight is 366 g/mol. The Hall–Kier alpha value is -2.42. The summed E-state index contributed by atoms with van der Waals surface area (Å²) in [5.41, 5.74) is -0.290. The molecule has 1 unspecified atom stereocenters. The largest absolute Gasteiger partial charge is 0.340 e. The number of amides is 2. The third-order valence-corrected chi connectivity index (χ3v) is 6.64. The van der Waals surface area contributed by atoms with E-state index in [-0.39, 0.29) is 11.8 Å². The minimum absolute atomic E-state index is 0.0416. The number of nitrogens with zero attached hydrogens (tertiary/aromatic N) is 4. The molecule has 1 spiro atoms. The van der Waals surface area contributed by atoms with E-state index in [0.29, 0.717) is 32.5 Å². The van der Waals surface area contributed by atoms with Crippen molar-refractivity contribution in [1.82, 2.24) is 14.8 Å². The molecule has 1 atom stereocenters. The molecule has 1 aromatic rings. The summed E-state index contributed by atoms with van der Waals surface area (Å²) in [4.78, 5) is 34.2. The quantitative estimate of drug-likeness (QED) is 0.823. The first-order valence-corrected chi connectivity index (χ1v) is 9.98. The zero-order valence-electron chi connectivity index (χ0n) is 15.7. The van der Waals surface area contributed by atoms with Crippen LogP contribution in [0.1, 0.15) is 50.5 Å². The normalized spacial score (nSPS) is 27.1. The minimum atomic E-state index is -0.852. The second kappa shape index (κ2) is 6.95. The number of nitriles is 1. The van der Waals surface area contributed by atoms with Crippen LogP contribution in [0.3, 0.4) is 0 Å². The highest BCUT2D eigenvalue weighted by molar-refractivity contribution is 5.89. The van der Waals surface area contributed by atoms with Crippen LogP contribution in [0.2, 0.25) is 0 Å². The molecule has 2 amide bonds. The molecule has 0 N–H and O–H groups in total. The fourth-order valence-corrected chi connectivity index (χ4v) is 5.09. The molecule has 27 heavy (non-hydrogen) atoms. The van der Waals surface area contributed by atoms with Crippen molar-refractivity contribution >= 4 is 11.8 Å². The van der Waals surface area contributed by atoms with E-state index in [1.165, 1.54) is 0 Å². The van der Waals surface area contributed by atoms with Gasteiger partial charge in [0.25, 0.3) is 0 Å². The van der Waals surface area contributed by atoms with Crippen molar-refractivity contribution in [1.29, 1.82) is 5.26 Å². The van der Waals surface area contributed by atoms with Gasteiger partial charge in [0.2, 0.25) is 11.8 Å². The molecule has 1 aromatic heterocycles. The maximum absolute atomic E-state index is 13.2. The van der Waals surface area contributed by atoms with Gasteiger partial charge in [-0.1, -0.05) is 18.9 Å². The lowest BCUT2D eigenvalue weighted by Gasteiger charge is -2.41. The van der Waals surface area contributed by atoms with Crippen molar-refractivity contribution < 1.29 is 9.59 Å². The third kappa shape index (κ3) is 3.09. The van der Waals surface area contributed by atoms with E-state index in [1.807, 2.05) is 21.9 Å². The summed E-state index contributed by atoms with van der Waals surface area (Å²) in [6.07, 6.45) is 9.18. The molecule has 3 aliphatic rings. The number of piperidine rings is 1. The van der Waals surface area contributed by atoms with Crippen molar-refractivity contribution in [3.05, 3.63) is 30.1 Å². The maximum atomic E-state index is 13.2. The molecule has 142 valence electrons. The number of aromatic nitrogens is 1. The Kier molecular flexibility index (Phi) is 4.63. The summed E-state index contributed by atoms with van der Waals surface area (Å²) in [6, 6.07) is 6.18. The van der Waals surface area contributed by atoms with Gasteiger partial charge in [0.15, 0.2) is 0 Å². The lowest BCUT2D eigenvalue weighted by molar-refractivity contribution is -0.147.